The Bertz CT molecular complexity index is 539. The van der Waals surface area contributed by atoms with E-state index in [9.17, 15) is 9.59 Å². The number of esters is 1. The molecule has 0 saturated heterocycles. The average Bonchev–Trinajstić information content (AvgIpc) is 2.34. The van der Waals surface area contributed by atoms with Crippen molar-refractivity contribution < 1.29 is 19.1 Å². The summed E-state index contributed by atoms with van der Waals surface area (Å²) in [4.78, 5) is 23.0. The van der Waals surface area contributed by atoms with Gasteiger partial charge >= 0.3 is 12.1 Å². The summed E-state index contributed by atoms with van der Waals surface area (Å²) in [6, 6.07) is 7.03. The van der Waals surface area contributed by atoms with Crippen LogP contribution >= 0.6 is 0 Å². The summed E-state index contributed by atoms with van der Waals surface area (Å²) < 4.78 is 10.2. The molecule has 0 aliphatic rings. The van der Waals surface area contributed by atoms with Crippen LogP contribution in [0.2, 0.25) is 0 Å². The monoisotopic (exact) mass is 305 g/mol. The van der Waals surface area contributed by atoms with E-state index in [1.165, 1.54) is 6.08 Å². The van der Waals surface area contributed by atoms with Crippen molar-refractivity contribution in [3.8, 4) is 0 Å². The maximum atomic E-state index is 11.6. The van der Waals surface area contributed by atoms with Gasteiger partial charge in [0.25, 0.3) is 0 Å². The minimum Gasteiger partial charge on any atom is -0.460 e. The molecule has 0 aliphatic carbocycles. The molecule has 1 amide bonds. The van der Waals surface area contributed by atoms with E-state index in [0.29, 0.717) is 5.69 Å². The Morgan fingerprint density at radius 2 is 1.73 bits per heavy atom. The fourth-order valence-corrected chi connectivity index (χ4v) is 1.53. The number of rotatable bonds is 4. The average molecular weight is 305 g/mol. The Morgan fingerprint density at radius 3 is 2.23 bits per heavy atom. The van der Waals surface area contributed by atoms with E-state index in [4.69, 9.17) is 9.47 Å². The Balaban J connectivity index is 2.58. The van der Waals surface area contributed by atoms with Crippen LogP contribution in [0.25, 0.3) is 6.08 Å². The lowest BCUT2D eigenvalue weighted by Crippen LogP contribution is -2.27. The molecule has 0 radical (unpaired) electrons. The zero-order valence-corrected chi connectivity index (χ0v) is 13.7. The van der Waals surface area contributed by atoms with E-state index in [2.05, 4.69) is 5.32 Å². The van der Waals surface area contributed by atoms with Crippen LogP contribution in [0.1, 0.15) is 40.2 Å². The maximum Gasteiger partial charge on any atom is 0.412 e. The summed E-state index contributed by atoms with van der Waals surface area (Å²) >= 11 is 0. The largest absolute Gasteiger partial charge is 0.460 e. The lowest BCUT2D eigenvalue weighted by molar-refractivity contribution is -0.141. The number of ether oxygens (including phenoxy) is 2. The van der Waals surface area contributed by atoms with Crippen LogP contribution < -0.4 is 5.32 Å². The number of benzene rings is 1. The topological polar surface area (TPSA) is 64.6 Å². The molecule has 0 aromatic heterocycles. The van der Waals surface area contributed by atoms with Crippen molar-refractivity contribution in [1.29, 1.82) is 0 Å². The molecule has 0 heterocycles. The number of hydrogen-bond acceptors (Lipinski definition) is 4. The van der Waals surface area contributed by atoms with Crippen LogP contribution in [0, 0.1) is 0 Å². The molecule has 0 unspecified atom stereocenters. The second-order valence-electron chi connectivity index (χ2n) is 6.07. The second-order valence-corrected chi connectivity index (χ2v) is 6.07. The minimum absolute atomic E-state index is 0.141. The van der Waals surface area contributed by atoms with Gasteiger partial charge in [0, 0.05) is 11.8 Å². The normalized spacial score (nSPS) is 11.5. The van der Waals surface area contributed by atoms with Crippen molar-refractivity contribution in [2.45, 2.75) is 46.3 Å². The Kier molecular flexibility index (Phi) is 6.16. The van der Waals surface area contributed by atoms with Gasteiger partial charge in [-0.05, 0) is 58.4 Å². The smallest absolute Gasteiger partial charge is 0.412 e. The van der Waals surface area contributed by atoms with Gasteiger partial charge in [-0.2, -0.15) is 0 Å². The lowest BCUT2D eigenvalue weighted by atomic mass is 10.2. The fraction of sp³-hybridized carbons (Fsp3) is 0.412. The molecule has 0 bridgehead atoms. The minimum atomic E-state index is -0.538. The molecule has 0 atom stereocenters. The molecule has 120 valence electrons. The first-order chi connectivity index (χ1) is 10.2. The highest BCUT2D eigenvalue weighted by molar-refractivity contribution is 5.88. The lowest BCUT2D eigenvalue weighted by Gasteiger charge is -2.19. The van der Waals surface area contributed by atoms with Crippen LogP contribution in [-0.4, -0.2) is 23.8 Å². The van der Waals surface area contributed by atoms with Gasteiger partial charge in [-0.15, -0.1) is 0 Å². The third kappa shape index (κ3) is 7.47. The zero-order valence-electron chi connectivity index (χ0n) is 13.7. The fourth-order valence-electron chi connectivity index (χ4n) is 1.53. The van der Waals surface area contributed by atoms with Gasteiger partial charge < -0.3 is 9.47 Å². The quantitative estimate of drug-likeness (QED) is 0.674. The van der Waals surface area contributed by atoms with E-state index in [0.717, 1.165) is 5.56 Å². The first-order valence-corrected chi connectivity index (χ1v) is 7.14. The van der Waals surface area contributed by atoms with Crippen LogP contribution in [-0.2, 0) is 14.3 Å². The van der Waals surface area contributed by atoms with E-state index < -0.39 is 11.7 Å². The number of anilines is 1. The van der Waals surface area contributed by atoms with Gasteiger partial charge in [-0.25, -0.2) is 9.59 Å². The summed E-state index contributed by atoms with van der Waals surface area (Å²) in [5, 5.41) is 2.64. The van der Waals surface area contributed by atoms with E-state index in [1.807, 2.05) is 0 Å². The zero-order chi connectivity index (χ0) is 16.8. The predicted molar refractivity (Wildman–Crippen MR) is 86.6 cm³/mol. The summed E-state index contributed by atoms with van der Waals surface area (Å²) in [6.45, 7) is 9.00. The molecule has 1 N–H and O–H groups in total. The highest BCUT2D eigenvalue weighted by Gasteiger charge is 2.15. The molecule has 1 aromatic rings. The van der Waals surface area contributed by atoms with Crippen LogP contribution in [0.5, 0.6) is 0 Å². The number of amides is 1. The van der Waals surface area contributed by atoms with Gasteiger partial charge in [0.2, 0.25) is 0 Å². The van der Waals surface area contributed by atoms with Crippen molar-refractivity contribution in [1.82, 2.24) is 0 Å². The van der Waals surface area contributed by atoms with Gasteiger partial charge in [0.05, 0.1) is 6.10 Å². The van der Waals surface area contributed by atoms with E-state index in [-0.39, 0.29) is 12.1 Å². The second kappa shape index (κ2) is 7.64. The Morgan fingerprint density at radius 1 is 1.14 bits per heavy atom. The molecule has 1 aromatic carbocycles. The van der Waals surface area contributed by atoms with Crippen molar-refractivity contribution >= 4 is 23.8 Å². The van der Waals surface area contributed by atoms with Gasteiger partial charge in [-0.3, -0.25) is 5.32 Å². The number of hydrogen-bond donors (Lipinski definition) is 1. The van der Waals surface area contributed by atoms with Gasteiger partial charge in [-0.1, -0.05) is 12.1 Å². The molecule has 5 heteroatoms. The maximum absolute atomic E-state index is 11.6. The van der Waals surface area contributed by atoms with Crippen molar-refractivity contribution in [3.05, 3.63) is 35.9 Å². The molecule has 0 saturated carbocycles. The summed E-state index contributed by atoms with van der Waals surface area (Å²) in [7, 11) is 0. The Hall–Kier alpha value is -2.30. The van der Waals surface area contributed by atoms with Gasteiger partial charge in [0.15, 0.2) is 0 Å². The highest BCUT2D eigenvalue weighted by atomic mass is 16.6. The van der Waals surface area contributed by atoms with Crippen LogP contribution in [0.4, 0.5) is 10.5 Å². The summed E-state index contributed by atoms with van der Waals surface area (Å²) in [5.41, 5.74) is 0.912. The Labute approximate surface area is 131 Å². The van der Waals surface area contributed by atoms with Crippen LogP contribution in [0.3, 0.4) is 0 Å². The number of nitrogens with one attached hydrogen (secondary N) is 1. The molecular formula is C17H23NO4. The first-order valence-electron chi connectivity index (χ1n) is 7.14. The molecular weight excluding hydrogens is 282 g/mol. The number of carbonyl (C=O) groups is 2. The van der Waals surface area contributed by atoms with Crippen molar-refractivity contribution in [3.63, 3.8) is 0 Å². The molecule has 0 spiro atoms. The van der Waals surface area contributed by atoms with E-state index >= 15 is 0 Å². The molecule has 0 fully saturated rings. The van der Waals surface area contributed by atoms with Crippen molar-refractivity contribution in [2.75, 3.05) is 5.32 Å². The molecule has 5 nitrogen and oxygen atoms in total. The van der Waals surface area contributed by atoms with Crippen LogP contribution in [0.15, 0.2) is 30.3 Å². The van der Waals surface area contributed by atoms with Gasteiger partial charge in [0.1, 0.15) is 5.60 Å². The van der Waals surface area contributed by atoms with E-state index in [1.54, 1.807) is 65.0 Å². The molecule has 22 heavy (non-hydrogen) atoms. The number of carbonyl (C=O) groups excluding carboxylic acids is 2. The summed E-state index contributed by atoms with van der Waals surface area (Å²) in [6.07, 6.45) is 2.38. The summed E-state index contributed by atoms with van der Waals surface area (Å²) in [5.74, 6) is -0.383. The molecule has 1 rings (SSSR count). The third-order valence-electron chi connectivity index (χ3n) is 2.32. The molecule has 0 aliphatic heterocycles. The highest BCUT2D eigenvalue weighted by Crippen LogP contribution is 2.13. The first kappa shape index (κ1) is 17.8. The standard InChI is InChI=1S/C17H23NO4/c1-12(2)21-15(19)11-8-13-6-9-14(10-7-13)18-16(20)22-17(3,4)5/h6-12H,1-5H3,(H,18,20). The third-order valence-corrected chi connectivity index (χ3v) is 2.32. The SMILES string of the molecule is CC(C)OC(=O)C=Cc1ccc(NC(=O)OC(C)(C)C)cc1. The van der Waals surface area contributed by atoms with Crippen molar-refractivity contribution in [2.24, 2.45) is 0 Å². The predicted octanol–water partition coefficient (Wildman–Crippen LogP) is 4.00.